The molecule has 0 saturated heterocycles. The van der Waals surface area contributed by atoms with Gasteiger partial charge in [0, 0.05) is 32.1 Å². The molecule has 7 atom stereocenters. The summed E-state index contributed by atoms with van der Waals surface area (Å²) in [5, 5.41) is 10.3. The number of allylic oxidation sites excluding steroid dienone is 6. The number of carbonyl (C=O) groups excluding carboxylic acids is 2. The van der Waals surface area contributed by atoms with Crippen LogP contribution in [0.1, 0.15) is 72.1 Å². The smallest absolute Gasteiger partial charge is 0.303 e. The molecule has 0 aromatic rings. The molecule has 6 unspecified atom stereocenters. The van der Waals surface area contributed by atoms with Crippen molar-refractivity contribution >= 4 is 11.8 Å². The molecule has 0 aliphatic heterocycles. The summed E-state index contributed by atoms with van der Waals surface area (Å²) < 4.78 is 6.03. The third kappa shape index (κ3) is 3.77. The lowest BCUT2D eigenvalue weighted by atomic mass is 9.49. The first-order valence-electron chi connectivity index (χ1n) is 13.5. The van der Waals surface area contributed by atoms with E-state index in [0.29, 0.717) is 30.1 Å². The van der Waals surface area contributed by atoms with Crippen LogP contribution in [0.2, 0.25) is 0 Å². The van der Waals surface area contributed by atoms with E-state index >= 15 is 0 Å². The van der Waals surface area contributed by atoms with Gasteiger partial charge in [0.15, 0.2) is 11.4 Å². The molecular weight excluding hydrogens is 438 g/mol. The molecule has 5 aliphatic carbocycles. The zero-order valence-corrected chi connectivity index (χ0v) is 22.0. The third-order valence-electron chi connectivity index (χ3n) is 10.1. The van der Waals surface area contributed by atoms with Gasteiger partial charge in [-0.2, -0.15) is 0 Å². The van der Waals surface area contributed by atoms with Gasteiger partial charge in [0.05, 0.1) is 6.10 Å². The van der Waals surface area contributed by atoms with Crippen LogP contribution in [0, 0.1) is 29.1 Å². The van der Waals surface area contributed by atoms with Gasteiger partial charge >= 0.3 is 5.97 Å². The molecular formula is C30H41NO4. The third-order valence-corrected chi connectivity index (χ3v) is 10.1. The van der Waals surface area contributed by atoms with Crippen LogP contribution in [0.15, 0.2) is 46.7 Å². The first-order valence-corrected chi connectivity index (χ1v) is 13.5. The molecule has 190 valence electrons. The van der Waals surface area contributed by atoms with Gasteiger partial charge in [0.2, 0.25) is 0 Å². The Morgan fingerprint density at radius 2 is 1.89 bits per heavy atom. The molecule has 0 spiro atoms. The molecule has 5 nitrogen and oxygen atoms in total. The molecule has 35 heavy (non-hydrogen) atoms. The first-order chi connectivity index (χ1) is 16.6. The Morgan fingerprint density at radius 3 is 2.51 bits per heavy atom. The van der Waals surface area contributed by atoms with Gasteiger partial charge in [0.25, 0.3) is 0 Å². The van der Waals surface area contributed by atoms with E-state index in [-0.39, 0.29) is 23.3 Å². The minimum atomic E-state index is -1.03. The minimum absolute atomic E-state index is 0.00119. The molecule has 0 aromatic heterocycles. The van der Waals surface area contributed by atoms with Crippen molar-refractivity contribution in [3.63, 3.8) is 0 Å². The van der Waals surface area contributed by atoms with Crippen LogP contribution in [0.25, 0.3) is 0 Å². The Balaban J connectivity index is 1.62. The molecule has 2 fully saturated rings. The normalized spacial score (nSPS) is 40.2. The Kier molecular flexibility index (Phi) is 6.14. The Morgan fingerprint density at radius 1 is 1.11 bits per heavy atom. The van der Waals surface area contributed by atoms with Crippen LogP contribution >= 0.6 is 0 Å². The Labute approximate surface area is 210 Å². The number of carbonyl (C=O) groups is 2. The monoisotopic (exact) mass is 479 g/mol. The van der Waals surface area contributed by atoms with Gasteiger partial charge in [-0.1, -0.05) is 30.7 Å². The number of likely N-dealkylation sites (N-methyl/N-ethyl adjacent to an activating group) is 1. The molecule has 2 saturated carbocycles. The summed E-state index contributed by atoms with van der Waals surface area (Å²) in [7, 11) is 4.15. The standard InChI is InChI=1S/C30H41NO4/c1-18(32)30(35-19(2)33)15-14-27-25-12-8-21-16-23(34)11-13-24(21)28(25)26(17-29(27,30)3)20-6-9-22(10-7-20)31(4)5/h6,9-10,16,20,23,25-27,34H,7-8,11-15,17H2,1-5H3/t20?,23?,25?,26?,27?,29?,30-/m0/s1. The molecule has 5 rings (SSSR count). The number of Topliss-reactive ketones (excluding diaryl/α,β-unsaturated/α-hetero) is 1. The highest BCUT2D eigenvalue weighted by Crippen LogP contribution is 2.67. The second kappa shape index (κ2) is 8.76. The number of esters is 1. The van der Waals surface area contributed by atoms with E-state index in [1.807, 2.05) is 0 Å². The Hall–Kier alpha value is -2.14. The van der Waals surface area contributed by atoms with Gasteiger partial charge in [0.1, 0.15) is 0 Å². The van der Waals surface area contributed by atoms with Gasteiger partial charge in [-0.3, -0.25) is 9.59 Å². The summed E-state index contributed by atoms with van der Waals surface area (Å²) >= 11 is 0. The lowest BCUT2D eigenvalue weighted by molar-refractivity contribution is -0.183. The van der Waals surface area contributed by atoms with E-state index in [0.717, 1.165) is 44.9 Å². The second-order valence-corrected chi connectivity index (χ2v) is 12.0. The number of nitrogens with zero attached hydrogens (tertiary/aromatic N) is 1. The average Bonchev–Trinajstić information content (AvgIpc) is 3.10. The number of ketones is 1. The van der Waals surface area contributed by atoms with Crippen molar-refractivity contribution in [2.24, 2.45) is 29.1 Å². The topological polar surface area (TPSA) is 66.8 Å². The second-order valence-electron chi connectivity index (χ2n) is 12.0. The molecule has 5 heteroatoms. The highest BCUT2D eigenvalue weighted by atomic mass is 16.6. The van der Waals surface area contributed by atoms with E-state index in [2.05, 4.69) is 50.2 Å². The van der Waals surface area contributed by atoms with E-state index < -0.39 is 5.60 Å². The van der Waals surface area contributed by atoms with Crippen molar-refractivity contribution in [1.29, 1.82) is 0 Å². The maximum atomic E-state index is 13.2. The highest BCUT2D eigenvalue weighted by molar-refractivity contribution is 5.89. The first kappa shape index (κ1) is 24.5. The van der Waals surface area contributed by atoms with Crippen molar-refractivity contribution in [2.45, 2.75) is 83.8 Å². The van der Waals surface area contributed by atoms with Crippen LogP contribution in [-0.2, 0) is 14.3 Å². The number of hydrogen-bond acceptors (Lipinski definition) is 5. The van der Waals surface area contributed by atoms with Crippen molar-refractivity contribution in [3.8, 4) is 0 Å². The lowest BCUT2D eigenvalue weighted by Gasteiger charge is -2.56. The zero-order valence-electron chi connectivity index (χ0n) is 22.0. The van der Waals surface area contributed by atoms with Gasteiger partial charge in [-0.15, -0.1) is 0 Å². The maximum absolute atomic E-state index is 13.2. The van der Waals surface area contributed by atoms with Crippen molar-refractivity contribution < 1.29 is 19.4 Å². The fraction of sp³-hybridized carbons (Fsp3) is 0.667. The largest absolute Gasteiger partial charge is 0.451 e. The molecule has 0 heterocycles. The zero-order chi connectivity index (χ0) is 25.1. The average molecular weight is 480 g/mol. The summed E-state index contributed by atoms with van der Waals surface area (Å²) in [5.74, 6) is 1.05. The fourth-order valence-electron chi connectivity index (χ4n) is 8.53. The minimum Gasteiger partial charge on any atom is -0.451 e. The molecule has 5 aliphatic rings. The quantitative estimate of drug-likeness (QED) is 0.567. The number of aliphatic hydroxyl groups excluding tert-OH is 1. The van der Waals surface area contributed by atoms with Crippen molar-refractivity contribution in [2.75, 3.05) is 14.1 Å². The maximum Gasteiger partial charge on any atom is 0.303 e. The summed E-state index contributed by atoms with van der Waals surface area (Å²) in [6.45, 7) is 5.31. The van der Waals surface area contributed by atoms with Crippen molar-refractivity contribution in [3.05, 3.63) is 46.7 Å². The number of aliphatic hydroxyl groups is 1. The predicted octanol–water partition coefficient (Wildman–Crippen LogP) is 5.12. The van der Waals surface area contributed by atoms with E-state index in [1.165, 1.54) is 23.8 Å². The molecule has 0 radical (unpaired) electrons. The number of ether oxygens (including phenoxy) is 1. The van der Waals surface area contributed by atoms with Gasteiger partial charge in [-0.05, 0) is 99.2 Å². The summed E-state index contributed by atoms with van der Waals surface area (Å²) in [4.78, 5) is 27.7. The SMILES string of the molecule is CC(=O)O[C@]1(C(C)=O)CCC2C3CCC4=CC(O)CCC4=C3C(C3C=CC(N(C)C)=CC3)CC21C. The number of rotatable bonds is 4. The fourth-order valence-corrected chi connectivity index (χ4v) is 8.53. The molecule has 0 amide bonds. The summed E-state index contributed by atoms with van der Waals surface area (Å²) in [6.07, 6.45) is 15.9. The molecule has 1 N–H and O–H groups in total. The van der Waals surface area contributed by atoms with E-state index in [4.69, 9.17) is 4.74 Å². The van der Waals surface area contributed by atoms with Crippen LogP contribution in [-0.4, -0.2) is 47.6 Å². The Bertz CT molecular complexity index is 1050. The molecule has 0 aromatic carbocycles. The highest BCUT2D eigenvalue weighted by Gasteiger charge is 2.67. The molecule has 0 bridgehead atoms. The lowest BCUT2D eigenvalue weighted by Crippen LogP contribution is -2.58. The summed E-state index contributed by atoms with van der Waals surface area (Å²) in [5.41, 5.74) is 4.26. The van der Waals surface area contributed by atoms with Crippen LogP contribution in [0.3, 0.4) is 0 Å². The van der Waals surface area contributed by atoms with Crippen LogP contribution < -0.4 is 0 Å². The summed E-state index contributed by atoms with van der Waals surface area (Å²) in [6, 6.07) is 0. The van der Waals surface area contributed by atoms with E-state index in [1.54, 1.807) is 12.5 Å². The van der Waals surface area contributed by atoms with Gasteiger partial charge < -0.3 is 14.7 Å². The van der Waals surface area contributed by atoms with E-state index in [9.17, 15) is 14.7 Å². The van der Waals surface area contributed by atoms with Crippen molar-refractivity contribution in [1.82, 2.24) is 4.90 Å². The van der Waals surface area contributed by atoms with Gasteiger partial charge in [-0.25, -0.2) is 0 Å². The van der Waals surface area contributed by atoms with Crippen LogP contribution in [0.4, 0.5) is 0 Å². The number of fused-ring (bicyclic) bond motifs is 4. The number of hydrogen-bond donors (Lipinski definition) is 1. The predicted molar refractivity (Wildman–Crippen MR) is 136 cm³/mol. The van der Waals surface area contributed by atoms with Crippen LogP contribution in [0.5, 0.6) is 0 Å².